The van der Waals surface area contributed by atoms with Gasteiger partial charge in [0, 0.05) is 12.0 Å². The highest BCUT2D eigenvalue weighted by atomic mass is 16.5. The Labute approximate surface area is 179 Å². The van der Waals surface area contributed by atoms with Crippen LogP contribution in [0.15, 0.2) is 11.6 Å². The molecule has 6 heteroatoms. The van der Waals surface area contributed by atoms with Gasteiger partial charge in [0.15, 0.2) is 0 Å². The Morgan fingerprint density at radius 1 is 1.37 bits per heavy atom. The summed E-state index contributed by atoms with van der Waals surface area (Å²) >= 11 is 0. The van der Waals surface area contributed by atoms with Gasteiger partial charge in [-0.2, -0.15) is 5.26 Å². The quantitative estimate of drug-likeness (QED) is 0.629. The molecule has 3 saturated carbocycles. The molecule has 0 heterocycles. The standard InChI is InChI=1S/C24H34N2O4/c1-5-8-26-21(29)30-13-23-11-17-15(4)6-7-18(17)22(12-25)10-16(23)9-19(14(2)3)24(22,23)20(27)28/h9,14-18H,5-8,10-11,13H2,1-4H3,(H,26,29)(H,27,28)/t15-,16+,17-,18-,22+,23+,24+/m0/s1. The number of alkyl carbamates (subject to hydrolysis) is 1. The number of rotatable bonds is 6. The summed E-state index contributed by atoms with van der Waals surface area (Å²) in [4.78, 5) is 25.5. The number of nitriles is 1. The lowest BCUT2D eigenvalue weighted by Gasteiger charge is -2.57. The van der Waals surface area contributed by atoms with E-state index in [1.807, 2.05) is 20.8 Å². The second-order valence-corrected chi connectivity index (χ2v) is 10.4. The van der Waals surface area contributed by atoms with Gasteiger partial charge in [-0.15, -0.1) is 0 Å². The molecule has 0 aromatic heterocycles. The maximum absolute atomic E-state index is 13.2. The highest BCUT2D eigenvalue weighted by Crippen LogP contribution is 2.83. The van der Waals surface area contributed by atoms with Crippen molar-refractivity contribution in [2.45, 2.75) is 59.8 Å². The Bertz CT molecular complexity index is 830. The van der Waals surface area contributed by atoms with Crippen molar-refractivity contribution >= 4 is 12.1 Å². The van der Waals surface area contributed by atoms with Crippen LogP contribution in [0.4, 0.5) is 4.79 Å². The van der Waals surface area contributed by atoms with Gasteiger partial charge < -0.3 is 15.2 Å². The smallest absolute Gasteiger partial charge is 0.407 e. The third-order valence-corrected chi connectivity index (χ3v) is 9.02. The van der Waals surface area contributed by atoms with Crippen molar-refractivity contribution in [3.05, 3.63) is 11.6 Å². The van der Waals surface area contributed by atoms with Crippen molar-refractivity contribution in [3.63, 3.8) is 0 Å². The summed E-state index contributed by atoms with van der Waals surface area (Å²) < 4.78 is 5.71. The maximum atomic E-state index is 13.2. The fourth-order valence-electron chi connectivity index (χ4n) is 8.01. The summed E-state index contributed by atoms with van der Waals surface area (Å²) in [6.45, 7) is 8.84. The van der Waals surface area contributed by atoms with E-state index in [1.165, 1.54) is 0 Å². The van der Waals surface area contributed by atoms with Gasteiger partial charge in [0.2, 0.25) is 0 Å². The number of carboxylic acid groups (broad SMARTS) is 1. The van der Waals surface area contributed by atoms with Crippen LogP contribution in [0.2, 0.25) is 0 Å². The van der Waals surface area contributed by atoms with Gasteiger partial charge in [-0.05, 0) is 55.3 Å². The molecule has 0 aromatic rings. The van der Waals surface area contributed by atoms with Gasteiger partial charge in [-0.1, -0.05) is 45.8 Å². The number of nitrogens with zero attached hydrogens (tertiary/aromatic N) is 1. The van der Waals surface area contributed by atoms with E-state index in [-0.39, 0.29) is 24.4 Å². The first kappa shape index (κ1) is 21.2. The average molecular weight is 415 g/mol. The summed E-state index contributed by atoms with van der Waals surface area (Å²) in [5.41, 5.74) is -2.06. The number of carbonyl (C=O) groups excluding carboxylic acids is 1. The fourth-order valence-corrected chi connectivity index (χ4v) is 8.01. The van der Waals surface area contributed by atoms with Crippen LogP contribution < -0.4 is 5.32 Å². The number of hydrogen-bond donors (Lipinski definition) is 2. The van der Waals surface area contributed by atoms with E-state index in [4.69, 9.17) is 4.74 Å². The van der Waals surface area contributed by atoms with E-state index in [1.54, 1.807) is 0 Å². The number of ether oxygens (including phenoxy) is 1. The normalized spacial score (nSPS) is 43.1. The summed E-state index contributed by atoms with van der Waals surface area (Å²) in [5, 5.41) is 24.1. The maximum Gasteiger partial charge on any atom is 0.407 e. The topological polar surface area (TPSA) is 99.4 Å². The molecule has 6 nitrogen and oxygen atoms in total. The second-order valence-electron chi connectivity index (χ2n) is 10.4. The molecule has 164 valence electrons. The van der Waals surface area contributed by atoms with Crippen LogP contribution in [0.5, 0.6) is 0 Å². The van der Waals surface area contributed by atoms with Crippen molar-refractivity contribution in [1.29, 1.82) is 5.26 Å². The number of fused-ring (bicyclic) bond motifs is 2. The van der Waals surface area contributed by atoms with E-state index in [0.717, 1.165) is 24.8 Å². The zero-order valence-corrected chi connectivity index (χ0v) is 18.5. The highest BCUT2D eigenvalue weighted by molar-refractivity contribution is 5.85. The first-order chi connectivity index (χ1) is 14.2. The van der Waals surface area contributed by atoms with E-state index >= 15 is 0 Å². The largest absolute Gasteiger partial charge is 0.481 e. The molecular formula is C24H34N2O4. The Hall–Kier alpha value is -2.03. The number of carbonyl (C=O) groups is 2. The van der Waals surface area contributed by atoms with Crippen LogP contribution in [0.3, 0.4) is 0 Å². The molecule has 0 aromatic carbocycles. The molecule has 1 amide bonds. The molecular weight excluding hydrogens is 380 g/mol. The monoisotopic (exact) mass is 414 g/mol. The van der Waals surface area contributed by atoms with Gasteiger partial charge in [0.25, 0.3) is 0 Å². The number of allylic oxidation sites excluding steroid dienone is 1. The lowest BCUT2D eigenvalue weighted by atomic mass is 9.43. The van der Waals surface area contributed by atoms with Crippen LogP contribution in [0.1, 0.15) is 59.8 Å². The van der Waals surface area contributed by atoms with Gasteiger partial charge in [0.1, 0.15) is 12.0 Å². The number of amides is 1. The Morgan fingerprint density at radius 2 is 2.10 bits per heavy atom. The van der Waals surface area contributed by atoms with Gasteiger partial charge in [-0.3, -0.25) is 4.79 Å². The van der Waals surface area contributed by atoms with Gasteiger partial charge >= 0.3 is 12.1 Å². The molecule has 4 aliphatic carbocycles. The fraction of sp³-hybridized carbons (Fsp3) is 0.792. The third-order valence-electron chi connectivity index (χ3n) is 9.02. The molecule has 4 aliphatic rings. The van der Waals surface area contributed by atoms with E-state index in [2.05, 4.69) is 24.4 Å². The molecule has 0 saturated heterocycles. The van der Waals surface area contributed by atoms with Crippen molar-refractivity contribution in [1.82, 2.24) is 5.32 Å². The molecule has 30 heavy (non-hydrogen) atoms. The Kier molecular flexibility index (Phi) is 4.95. The van der Waals surface area contributed by atoms with Crippen molar-refractivity contribution < 1.29 is 19.4 Å². The summed E-state index contributed by atoms with van der Waals surface area (Å²) in [5.74, 6) is -0.0422. The molecule has 3 fully saturated rings. The molecule has 2 N–H and O–H groups in total. The second kappa shape index (κ2) is 7.00. The van der Waals surface area contributed by atoms with E-state index < -0.39 is 28.3 Å². The van der Waals surface area contributed by atoms with Crippen LogP contribution in [-0.2, 0) is 9.53 Å². The average Bonchev–Trinajstić information content (AvgIpc) is 3.28. The molecule has 0 aliphatic heterocycles. The van der Waals surface area contributed by atoms with Crippen LogP contribution >= 0.6 is 0 Å². The minimum Gasteiger partial charge on any atom is -0.481 e. The van der Waals surface area contributed by atoms with Crippen molar-refractivity contribution in [2.24, 2.45) is 45.8 Å². The molecule has 0 spiro atoms. The van der Waals surface area contributed by atoms with Crippen molar-refractivity contribution in [3.8, 4) is 6.07 Å². The molecule has 4 rings (SSSR count). The minimum absolute atomic E-state index is 0.0304. The van der Waals surface area contributed by atoms with Crippen molar-refractivity contribution in [2.75, 3.05) is 13.2 Å². The molecule has 7 atom stereocenters. The summed E-state index contributed by atoms with van der Waals surface area (Å²) in [7, 11) is 0. The molecule has 0 unspecified atom stereocenters. The van der Waals surface area contributed by atoms with Gasteiger partial charge in [-0.25, -0.2) is 4.79 Å². The zero-order chi connectivity index (χ0) is 21.9. The van der Waals surface area contributed by atoms with Crippen LogP contribution in [-0.4, -0.2) is 30.3 Å². The molecule has 4 bridgehead atoms. The van der Waals surface area contributed by atoms with E-state index in [0.29, 0.717) is 31.2 Å². The number of carboxylic acids is 1. The number of aliphatic carboxylic acids is 1. The lowest BCUT2D eigenvalue weighted by molar-refractivity contribution is -0.176. The summed E-state index contributed by atoms with van der Waals surface area (Å²) in [6, 6.07) is 2.61. The third kappa shape index (κ3) is 2.30. The lowest BCUT2D eigenvalue weighted by Crippen LogP contribution is -2.62. The van der Waals surface area contributed by atoms with Gasteiger partial charge in [0.05, 0.1) is 11.5 Å². The van der Waals surface area contributed by atoms with Crippen LogP contribution in [0, 0.1) is 57.2 Å². The SMILES string of the molecule is CCCNC(=O)OC[C@]12C[C@H]3[C@@H](C)CC[C@@H]3[C@]3(C#N)C[C@H]1C=C(C(C)C)[C@]23C(=O)O. The predicted molar refractivity (Wildman–Crippen MR) is 111 cm³/mol. The first-order valence-electron chi connectivity index (χ1n) is 11.5. The summed E-state index contributed by atoms with van der Waals surface area (Å²) in [6.07, 6.45) is 5.68. The highest BCUT2D eigenvalue weighted by Gasteiger charge is 2.85. The minimum atomic E-state index is -1.27. The van der Waals surface area contributed by atoms with Crippen LogP contribution in [0.25, 0.3) is 0 Å². The Morgan fingerprint density at radius 3 is 2.70 bits per heavy atom. The Balaban J connectivity index is 1.84. The number of hydrogen-bond acceptors (Lipinski definition) is 4. The zero-order valence-electron chi connectivity index (χ0n) is 18.5. The number of nitrogens with one attached hydrogen (secondary N) is 1. The molecule has 0 radical (unpaired) electrons. The predicted octanol–water partition coefficient (Wildman–Crippen LogP) is 4.37. The van der Waals surface area contributed by atoms with E-state index in [9.17, 15) is 20.0 Å². The first-order valence-corrected chi connectivity index (χ1v) is 11.5.